The molecule has 0 bridgehead atoms. The standard InChI is InChI=1S/C13H19NO4/c1-9(15)8-14-13(16)7-10-4-5-11(17-2)12(6-10)18-3/h4-6,9,15H,7-8H2,1-3H3,(H,14,16)/t9-/m0/s1. The highest BCUT2D eigenvalue weighted by Crippen LogP contribution is 2.27. The second kappa shape index (κ2) is 6.86. The van der Waals surface area contributed by atoms with Gasteiger partial charge < -0.3 is 19.9 Å². The van der Waals surface area contributed by atoms with Crippen LogP contribution >= 0.6 is 0 Å². The van der Waals surface area contributed by atoms with Crippen LogP contribution in [0.2, 0.25) is 0 Å². The van der Waals surface area contributed by atoms with Crippen LogP contribution in [-0.2, 0) is 11.2 Å². The van der Waals surface area contributed by atoms with E-state index in [1.54, 1.807) is 33.3 Å². The number of nitrogens with one attached hydrogen (secondary N) is 1. The maximum absolute atomic E-state index is 11.6. The van der Waals surface area contributed by atoms with E-state index < -0.39 is 6.10 Å². The molecule has 0 heterocycles. The number of carbonyl (C=O) groups is 1. The van der Waals surface area contributed by atoms with E-state index in [0.717, 1.165) is 5.56 Å². The minimum absolute atomic E-state index is 0.136. The van der Waals surface area contributed by atoms with Crippen molar-refractivity contribution < 1.29 is 19.4 Å². The number of aliphatic hydroxyl groups excluding tert-OH is 1. The summed E-state index contributed by atoms with van der Waals surface area (Å²) in [4.78, 5) is 11.6. The number of hydrogen-bond donors (Lipinski definition) is 2. The SMILES string of the molecule is COc1ccc(CC(=O)NC[C@H](C)O)cc1OC. The van der Waals surface area contributed by atoms with Gasteiger partial charge in [0.1, 0.15) is 0 Å². The topological polar surface area (TPSA) is 67.8 Å². The zero-order valence-corrected chi connectivity index (χ0v) is 10.9. The molecular formula is C13H19NO4. The van der Waals surface area contributed by atoms with Gasteiger partial charge in [-0.2, -0.15) is 0 Å². The average molecular weight is 253 g/mol. The summed E-state index contributed by atoms with van der Waals surface area (Å²) in [5.74, 6) is 1.09. The lowest BCUT2D eigenvalue weighted by Crippen LogP contribution is -2.31. The summed E-state index contributed by atoms with van der Waals surface area (Å²) >= 11 is 0. The number of hydrogen-bond acceptors (Lipinski definition) is 4. The van der Waals surface area contributed by atoms with Gasteiger partial charge in [0.25, 0.3) is 0 Å². The largest absolute Gasteiger partial charge is 0.493 e. The smallest absolute Gasteiger partial charge is 0.224 e. The Kier molecular flexibility index (Phi) is 5.45. The van der Waals surface area contributed by atoms with Crippen molar-refractivity contribution in [2.75, 3.05) is 20.8 Å². The number of ether oxygens (including phenoxy) is 2. The van der Waals surface area contributed by atoms with Gasteiger partial charge in [-0.25, -0.2) is 0 Å². The molecule has 0 unspecified atom stereocenters. The van der Waals surface area contributed by atoms with E-state index >= 15 is 0 Å². The van der Waals surface area contributed by atoms with Crippen molar-refractivity contribution in [1.29, 1.82) is 0 Å². The normalized spacial score (nSPS) is 11.8. The first-order valence-electron chi connectivity index (χ1n) is 5.72. The van der Waals surface area contributed by atoms with Crippen LogP contribution in [0.25, 0.3) is 0 Å². The lowest BCUT2D eigenvalue weighted by Gasteiger charge is -2.10. The molecule has 1 aromatic carbocycles. The van der Waals surface area contributed by atoms with Crippen molar-refractivity contribution >= 4 is 5.91 Å². The summed E-state index contributed by atoms with van der Waals surface area (Å²) in [6.07, 6.45) is -0.299. The van der Waals surface area contributed by atoms with Crippen molar-refractivity contribution in [3.63, 3.8) is 0 Å². The second-order valence-corrected chi connectivity index (χ2v) is 4.02. The Balaban J connectivity index is 2.64. The molecular weight excluding hydrogens is 234 g/mol. The van der Waals surface area contributed by atoms with E-state index in [-0.39, 0.29) is 18.9 Å². The van der Waals surface area contributed by atoms with Crippen molar-refractivity contribution in [2.24, 2.45) is 0 Å². The molecule has 0 saturated heterocycles. The highest BCUT2D eigenvalue weighted by Gasteiger charge is 2.08. The fourth-order valence-electron chi connectivity index (χ4n) is 1.50. The summed E-state index contributed by atoms with van der Waals surface area (Å²) in [5, 5.41) is 11.7. The van der Waals surface area contributed by atoms with Crippen LogP contribution in [0.1, 0.15) is 12.5 Å². The average Bonchev–Trinajstić information content (AvgIpc) is 2.36. The number of rotatable bonds is 6. The van der Waals surface area contributed by atoms with E-state index in [0.29, 0.717) is 11.5 Å². The third kappa shape index (κ3) is 4.25. The number of benzene rings is 1. The lowest BCUT2D eigenvalue weighted by atomic mass is 10.1. The van der Waals surface area contributed by atoms with Crippen LogP contribution in [-0.4, -0.2) is 37.9 Å². The van der Waals surface area contributed by atoms with E-state index in [2.05, 4.69) is 5.32 Å². The molecule has 2 N–H and O–H groups in total. The predicted octanol–water partition coefficient (Wildman–Crippen LogP) is 0.743. The molecule has 0 radical (unpaired) electrons. The molecule has 0 aliphatic heterocycles. The number of carbonyl (C=O) groups excluding carboxylic acids is 1. The van der Waals surface area contributed by atoms with E-state index in [1.807, 2.05) is 6.07 Å². The Labute approximate surface area is 107 Å². The summed E-state index contributed by atoms with van der Waals surface area (Å²) in [7, 11) is 3.11. The van der Waals surface area contributed by atoms with Crippen LogP contribution in [0.5, 0.6) is 11.5 Å². The van der Waals surface area contributed by atoms with Gasteiger partial charge in [-0.05, 0) is 24.6 Å². The van der Waals surface area contributed by atoms with Crippen molar-refractivity contribution in [2.45, 2.75) is 19.4 Å². The molecule has 0 aromatic heterocycles. The molecule has 0 spiro atoms. The molecule has 0 aliphatic carbocycles. The maximum atomic E-state index is 11.6. The molecule has 1 atom stereocenters. The van der Waals surface area contributed by atoms with Gasteiger partial charge in [0.05, 0.1) is 26.7 Å². The molecule has 0 fully saturated rings. The molecule has 1 amide bonds. The lowest BCUT2D eigenvalue weighted by molar-refractivity contribution is -0.120. The Bertz CT molecular complexity index is 404. The first-order chi connectivity index (χ1) is 8.56. The number of amides is 1. The maximum Gasteiger partial charge on any atom is 0.224 e. The Morgan fingerprint density at radius 1 is 1.33 bits per heavy atom. The van der Waals surface area contributed by atoms with Gasteiger partial charge in [0, 0.05) is 6.54 Å². The van der Waals surface area contributed by atoms with Crippen LogP contribution in [0.15, 0.2) is 18.2 Å². The molecule has 1 rings (SSSR count). The summed E-state index contributed by atoms with van der Waals surface area (Å²) < 4.78 is 10.3. The molecule has 5 nitrogen and oxygen atoms in total. The minimum Gasteiger partial charge on any atom is -0.493 e. The van der Waals surface area contributed by atoms with E-state index in [9.17, 15) is 4.79 Å². The summed E-state index contributed by atoms with van der Waals surface area (Å²) in [6, 6.07) is 5.33. The van der Waals surface area contributed by atoms with Gasteiger partial charge in [-0.3, -0.25) is 4.79 Å². The summed E-state index contributed by atoms with van der Waals surface area (Å²) in [5.41, 5.74) is 0.829. The zero-order valence-electron chi connectivity index (χ0n) is 10.9. The zero-order chi connectivity index (χ0) is 13.5. The molecule has 0 saturated carbocycles. The first kappa shape index (κ1) is 14.3. The highest BCUT2D eigenvalue weighted by molar-refractivity contribution is 5.78. The van der Waals surface area contributed by atoms with Gasteiger partial charge in [0.2, 0.25) is 5.91 Å². The minimum atomic E-state index is -0.542. The number of aliphatic hydroxyl groups is 1. The predicted molar refractivity (Wildman–Crippen MR) is 67.9 cm³/mol. The van der Waals surface area contributed by atoms with E-state index in [1.165, 1.54) is 0 Å². The molecule has 100 valence electrons. The van der Waals surface area contributed by atoms with Crippen LogP contribution < -0.4 is 14.8 Å². The quantitative estimate of drug-likeness (QED) is 0.785. The highest BCUT2D eigenvalue weighted by atomic mass is 16.5. The fraction of sp³-hybridized carbons (Fsp3) is 0.462. The van der Waals surface area contributed by atoms with Gasteiger partial charge in [0.15, 0.2) is 11.5 Å². The van der Waals surface area contributed by atoms with Gasteiger partial charge in [-0.15, -0.1) is 0 Å². The van der Waals surface area contributed by atoms with Crippen molar-refractivity contribution in [3.8, 4) is 11.5 Å². The molecule has 18 heavy (non-hydrogen) atoms. The Morgan fingerprint density at radius 2 is 2.00 bits per heavy atom. The van der Waals surface area contributed by atoms with Crippen LogP contribution in [0, 0.1) is 0 Å². The monoisotopic (exact) mass is 253 g/mol. The second-order valence-electron chi connectivity index (χ2n) is 4.02. The van der Waals surface area contributed by atoms with Gasteiger partial charge in [-0.1, -0.05) is 6.07 Å². The van der Waals surface area contributed by atoms with Crippen LogP contribution in [0.4, 0.5) is 0 Å². The van der Waals surface area contributed by atoms with Crippen molar-refractivity contribution in [1.82, 2.24) is 5.32 Å². The Morgan fingerprint density at radius 3 is 2.56 bits per heavy atom. The van der Waals surface area contributed by atoms with Crippen LogP contribution in [0.3, 0.4) is 0 Å². The summed E-state index contributed by atoms with van der Waals surface area (Å²) in [6.45, 7) is 1.88. The molecule has 5 heteroatoms. The molecule has 1 aromatic rings. The van der Waals surface area contributed by atoms with Crippen molar-refractivity contribution in [3.05, 3.63) is 23.8 Å². The number of methoxy groups -OCH3 is 2. The molecule has 0 aliphatic rings. The van der Waals surface area contributed by atoms with E-state index in [4.69, 9.17) is 14.6 Å². The van der Waals surface area contributed by atoms with Gasteiger partial charge >= 0.3 is 0 Å². The Hall–Kier alpha value is -1.75. The third-order valence-electron chi connectivity index (χ3n) is 2.41. The first-order valence-corrected chi connectivity index (χ1v) is 5.72. The third-order valence-corrected chi connectivity index (χ3v) is 2.41. The fourth-order valence-corrected chi connectivity index (χ4v) is 1.50.